The minimum absolute atomic E-state index is 0. The van der Waals surface area contributed by atoms with Gasteiger partial charge >= 0.3 is 0 Å². The van der Waals surface area contributed by atoms with E-state index in [1.807, 2.05) is 25.3 Å². The van der Waals surface area contributed by atoms with Gasteiger partial charge in [-0.05, 0) is 55.5 Å². The molecule has 2 aromatic carbocycles. The molecule has 0 spiro atoms. The fourth-order valence-electron chi connectivity index (χ4n) is 3.81. The van der Waals surface area contributed by atoms with Gasteiger partial charge in [0.25, 0.3) is 10.1 Å². The van der Waals surface area contributed by atoms with Crippen LogP contribution in [0.25, 0.3) is 39.1 Å². The van der Waals surface area contributed by atoms with Crippen LogP contribution in [0.2, 0.25) is 0 Å². The number of rotatable bonds is 3. The predicted molar refractivity (Wildman–Crippen MR) is 147 cm³/mol. The lowest BCUT2D eigenvalue weighted by molar-refractivity contribution is 0.483. The van der Waals surface area contributed by atoms with E-state index in [2.05, 4.69) is 25.0 Å². The SMILES string of the molecule is C.Cc1ccc(S(=O)(=O)O)cc1.Nc1nc(-c2ccc(F)cc2)c(-c2ccc3ncnn3c2)c2nccnc12. The summed E-state index contributed by atoms with van der Waals surface area (Å²) in [6.45, 7) is 1.84. The molecule has 0 atom stereocenters. The summed E-state index contributed by atoms with van der Waals surface area (Å²) >= 11 is 0. The van der Waals surface area contributed by atoms with E-state index in [0.717, 1.165) is 27.9 Å². The maximum absolute atomic E-state index is 13.4. The molecule has 12 heteroatoms. The Kier molecular flexibility index (Phi) is 7.61. The van der Waals surface area contributed by atoms with Crippen LogP contribution in [0.4, 0.5) is 10.2 Å². The molecule has 3 N–H and O–H groups in total. The first kappa shape index (κ1) is 27.2. The lowest BCUT2D eigenvalue weighted by atomic mass is 9.98. The summed E-state index contributed by atoms with van der Waals surface area (Å²) < 4.78 is 44.6. The Morgan fingerprint density at radius 3 is 2.18 bits per heavy atom. The maximum atomic E-state index is 13.4. The number of pyridine rings is 2. The molecular formula is C27H24FN7O3S. The zero-order valence-corrected chi connectivity index (χ0v) is 20.7. The minimum atomic E-state index is -4.02. The first-order valence-electron chi connectivity index (χ1n) is 11.2. The Morgan fingerprint density at radius 2 is 1.51 bits per heavy atom. The third kappa shape index (κ3) is 5.71. The van der Waals surface area contributed by atoms with Gasteiger partial charge in [-0.1, -0.05) is 25.1 Å². The van der Waals surface area contributed by atoms with E-state index >= 15 is 0 Å². The van der Waals surface area contributed by atoms with Gasteiger partial charge in [0.15, 0.2) is 11.5 Å². The van der Waals surface area contributed by atoms with Crippen molar-refractivity contribution in [2.45, 2.75) is 19.2 Å². The lowest BCUT2D eigenvalue weighted by Crippen LogP contribution is -2.01. The van der Waals surface area contributed by atoms with Crippen molar-refractivity contribution in [3.8, 4) is 22.4 Å². The molecule has 4 aromatic heterocycles. The fourth-order valence-corrected chi connectivity index (χ4v) is 4.29. The third-order valence-electron chi connectivity index (χ3n) is 5.65. The van der Waals surface area contributed by atoms with Crippen LogP contribution < -0.4 is 5.73 Å². The average molecular weight is 546 g/mol. The summed E-state index contributed by atoms with van der Waals surface area (Å²) in [6, 6.07) is 15.9. The molecule has 0 aliphatic rings. The highest BCUT2D eigenvalue weighted by Crippen LogP contribution is 2.37. The molecule has 0 unspecified atom stereocenters. The number of halogens is 1. The number of nitrogens with two attached hydrogens (primary N) is 1. The van der Waals surface area contributed by atoms with Crippen molar-refractivity contribution in [3.05, 3.63) is 97.0 Å². The molecule has 0 aliphatic carbocycles. The number of hydrogen-bond acceptors (Lipinski definition) is 8. The molecule has 198 valence electrons. The first-order valence-corrected chi connectivity index (χ1v) is 12.6. The van der Waals surface area contributed by atoms with Gasteiger partial charge in [0.1, 0.15) is 23.2 Å². The summed E-state index contributed by atoms with van der Waals surface area (Å²) in [5.41, 5.74) is 11.8. The van der Waals surface area contributed by atoms with Crippen molar-refractivity contribution in [3.63, 3.8) is 0 Å². The number of fused-ring (bicyclic) bond motifs is 2. The van der Waals surface area contributed by atoms with E-state index in [4.69, 9.17) is 10.3 Å². The van der Waals surface area contributed by atoms with Crippen LogP contribution in [-0.2, 0) is 10.1 Å². The van der Waals surface area contributed by atoms with E-state index in [1.165, 1.54) is 30.6 Å². The van der Waals surface area contributed by atoms with Crippen molar-refractivity contribution in [2.24, 2.45) is 0 Å². The lowest BCUT2D eigenvalue weighted by Gasteiger charge is -2.13. The van der Waals surface area contributed by atoms with Gasteiger partial charge in [-0.25, -0.2) is 23.9 Å². The number of anilines is 1. The molecule has 0 bridgehead atoms. The van der Waals surface area contributed by atoms with E-state index in [-0.39, 0.29) is 24.0 Å². The van der Waals surface area contributed by atoms with Gasteiger partial charge in [0.2, 0.25) is 0 Å². The predicted octanol–water partition coefficient (Wildman–Crippen LogP) is 5.00. The molecular weight excluding hydrogens is 521 g/mol. The van der Waals surface area contributed by atoms with Crippen molar-refractivity contribution in [2.75, 3.05) is 5.73 Å². The van der Waals surface area contributed by atoms with E-state index < -0.39 is 10.1 Å². The molecule has 6 rings (SSSR count). The molecule has 0 fully saturated rings. The Balaban J connectivity index is 0.000000250. The van der Waals surface area contributed by atoms with Crippen LogP contribution >= 0.6 is 0 Å². The topological polar surface area (TPSA) is 149 Å². The number of aryl methyl sites for hydroxylation is 1. The second kappa shape index (κ2) is 10.9. The zero-order valence-electron chi connectivity index (χ0n) is 19.9. The number of benzene rings is 2. The van der Waals surface area contributed by atoms with Crippen LogP contribution in [-0.4, -0.2) is 42.5 Å². The molecule has 0 radical (unpaired) electrons. The standard InChI is InChI=1S/C19H12FN7.C7H8O3S.CH4/c20-13-4-1-11(2-5-13)16-15(12-3-6-14-24-10-25-27(14)9-12)17-18(19(21)26-16)23-8-7-22-17;1-6-2-4-7(5-3-6)11(8,9)10;/h1-10H,(H2,21,26);2-5H,1H3,(H,8,9,10);1H4. The summed E-state index contributed by atoms with van der Waals surface area (Å²) in [5.74, 6) is -0.0547. The van der Waals surface area contributed by atoms with Crippen LogP contribution in [0.3, 0.4) is 0 Å². The van der Waals surface area contributed by atoms with Gasteiger partial charge < -0.3 is 5.73 Å². The summed E-state index contributed by atoms with van der Waals surface area (Å²) in [4.78, 5) is 17.5. The summed E-state index contributed by atoms with van der Waals surface area (Å²) in [6.07, 6.45) is 6.51. The van der Waals surface area contributed by atoms with Gasteiger partial charge in [0.05, 0.1) is 10.6 Å². The van der Waals surface area contributed by atoms with Crippen molar-refractivity contribution < 1.29 is 17.4 Å². The Labute approximate surface area is 223 Å². The Hall–Kier alpha value is -4.81. The Bertz CT molecular complexity index is 1870. The van der Waals surface area contributed by atoms with Crippen LogP contribution in [0.15, 0.2) is 90.5 Å². The van der Waals surface area contributed by atoms with Crippen LogP contribution in [0.5, 0.6) is 0 Å². The molecule has 0 saturated carbocycles. The van der Waals surface area contributed by atoms with Crippen molar-refractivity contribution in [1.29, 1.82) is 0 Å². The monoisotopic (exact) mass is 545 g/mol. The van der Waals surface area contributed by atoms with Gasteiger partial charge in [-0.15, -0.1) is 0 Å². The number of nitrogens with zero attached hydrogens (tertiary/aromatic N) is 6. The second-order valence-electron chi connectivity index (χ2n) is 8.25. The quantitative estimate of drug-likeness (QED) is 0.293. The molecule has 4 heterocycles. The summed E-state index contributed by atoms with van der Waals surface area (Å²) in [5, 5.41) is 4.19. The highest BCUT2D eigenvalue weighted by atomic mass is 32.2. The van der Waals surface area contributed by atoms with Gasteiger partial charge in [-0.3, -0.25) is 9.54 Å². The highest BCUT2D eigenvalue weighted by Gasteiger charge is 2.18. The van der Waals surface area contributed by atoms with Crippen LogP contribution in [0.1, 0.15) is 13.0 Å². The molecule has 0 amide bonds. The normalized spacial score (nSPS) is 11.1. The smallest absolute Gasteiger partial charge is 0.294 e. The molecule has 6 aromatic rings. The number of aromatic nitrogens is 6. The van der Waals surface area contributed by atoms with Crippen LogP contribution in [0, 0.1) is 12.7 Å². The number of hydrogen-bond donors (Lipinski definition) is 2. The van der Waals surface area contributed by atoms with Gasteiger partial charge in [-0.2, -0.15) is 13.5 Å². The molecule has 0 saturated heterocycles. The third-order valence-corrected chi connectivity index (χ3v) is 6.51. The first-order chi connectivity index (χ1) is 18.2. The maximum Gasteiger partial charge on any atom is 0.294 e. The fraction of sp³-hybridized carbons (Fsp3) is 0.0741. The van der Waals surface area contributed by atoms with Crippen molar-refractivity contribution >= 4 is 32.6 Å². The average Bonchev–Trinajstić information content (AvgIpc) is 3.37. The largest absolute Gasteiger partial charge is 0.382 e. The van der Waals surface area contributed by atoms with E-state index in [0.29, 0.717) is 16.7 Å². The Morgan fingerprint density at radius 1 is 0.872 bits per heavy atom. The molecule has 39 heavy (non-hydrogen) atoms. The second-order valence-corrected chi connectivity index (χ2v) is 9.67. The number of nitrogen functional groups attached to an aromatic ring is 1. The van der Waals surface area contributed by atoms with Gasteiger partial charge in [0, 0.05) is 35.3 Å². The summed E-state index contributed by atoms with van der Waals surface area (Å²) in [7, 11) is -4.02. The molecule has 10 nitrogen and oxygen atoms in total. The van der Waals surface area contributed by atoms with E-state index in [9.17, 15) is 12.8 Å². The van der Waals surface area contributed by atoms with E-state index in [1.54, 1.807) is 41.2 Å². The highest BCUT2D eigenvalue weighted by molar-refractivity contribution is 7.85. The zero-order chi connectivity index (χ0) is 26.9. The minimum Gasteiger partial charge on any atom is -0.382 e. The molecule has 0 aliphatic heterocycles. The van der Waals surface area contributed by atoms with Crippen molar-refractivity contribution in [1.82, 2.24) is 29.5 Å².